The second-order valence-electron chi connectivity index (χ2n) is 5.55. The van der Waals surface area contributed by atoms with Crippen LogP contribution in [0.4, 0.5) is 0 Å². The molecule has 1 amide bonds. The molecule has 116 valence electrons. The summed E-state index contributed by atoms with van der Waals surface area (Å²) in [5.74, 6) is -0.0185. The Morgan fingerprint density at radius 2 is 1.77 bits per heavy atom. The maximum Gasteiger partial charge on any atom is 0.220 e. The molecule has 0 aromatic heterocycles. The van der Waals surface area contributed by atoms with Crippen molar-refractivity contribution in [1.82, 2.24) is 5.32 Å². The van der Waals surface area contributed by atoms with Crippen LogP contribution in [0.25, 0.3) is 0 Å². The van der Waals surface area contributed by atoms with E-state index >= 15 is 0 Å². The lowest BCUT2D eigenvalue weighted by Gasteiger charge is -2.16. The summed E-state index contributed by atoms with van der Waals surface area (Å²) in [6.45, 7) is 1.98. The number of carbonyl (C=O) groups is 1. The zero-order chi connectivity index (χ0) is 15.8. The Morgan fingerprint density at radius 3 is 2.41 bits per heavy atom. The molecular weight excluding hydrogens is 274 g/mol. The molecule has 3 nitrogen and oxygen atoms in total. The van der Waals surface area contributed by atoms with Gasteiger partial charge in [0.2, 0.25) is 5.91 Å². The van der Waals surface area contributed by atoms with E-state index in [1.54, 1.807) is 0 Å². The SMILES string of the molecule is Cc1ccc(CCCC(=O)NC(CO)c2ccccc2)cc1. The lowest BCUT2D eigenvalue weighted by molar-refractivity contribution is -0.122. The van der Waals surface area contributed by atoms with Gasteiger partial charge < -0.3 is 10.4 Å². The number of carbonyl (C=O) groups excluding carboxylic acids is 1. The zero-order valence-electron chi connectivity index (χ0n) is 13.0. The van der Waals surface area contributed by atoms with Crippen LogP contribution in [0.5, 0.6) is 0 Å². The van der Waals surface area contributed by atoms with Crippen molar-refractivity contribution < 1.29 is 9.90 Å². The Hall–Kier alpha value is -2.13. The Balaban J connectivity index is 1.78. The normalized spacial score (nSPS) is 11.9. The first-order valence-electron chi connectivity index (χ1n) is 7.70. The number of nitrogens with one attached hydrogen (secondary N) is 1. The van der Waals surface area contributed by atoms with E-state index in [2.05, 4.69) is 36.5 Å². The highest BCUT2D eigenvalue weighted by molar-refractivity contribution is 5.76. The fourth-order valence-corrected chi connectivity index (χ4v) is 2.39. The van der Waals surface area contributed by atoms with Gasteiger partial charge in [-0.25, -0.2) is 0 Å². The molecule has 0 aliphatic rings. The first kappa shape index (κ1) is 16.2. The number of benzene rings is 2. The van der Waals surface area contributed by atoms with E-state index in [0.717, 1.165) is 18.4 Å². The Morgan fingerprint density at radius 1 is 1.09 bits per heavy atom. The molecule has 0 radical (unpaired) electrons. The number of hydrogen-bond donors (Lipinski definition) is 2. The zero-order valence-corrected chi connectivity index (χ0v) is 13.0. The molecule has 0 saturated carbocycles. The van der Waals surface area contributed by atoms with Gasteiger partial charge in [0.05, 0.1) is 12.6 Å². The van der Waals surface area contributed by atoms with Gasteiger partial charge in [-0.1, -0.05) is 60.2 Å². The fourth-order valence-electron chi connectivity index (χ4n) is 2.39. The summed E-state index contributed by atoms with van der Waals surface area (Å²) >= 11 is 0. The standard InChI is InChI=1S/C19H23NO2/c1-15-10-12-16(13-11-15)6-5-9-19(22)20-18(14-21)17-7-3-2-4-8-17/h2-4,7-8,10-13,18,21H,5-6,9,14H2,1H3,(H,20,22). The number of aryl methyl sites for hydroxylation is 2. The van der Waals surface area contributed by atoms with Crippen LogP contribution >= 0.6 is 0 Å². The third kappa shape index (κ3) is 5.01. The predicted molar refractivity (Wildman–Crippen MR) is 88.5 cm³/mol. The van der Waals surface area contributed by atoms with Crippen LogP contribution in [-0.4, -0.2) is 17.6 Å². The second-order valence-corrected chi connectivity index (χ2v) is 5.55. The van der Waals surface area contributed by atoms with Crippen molar-refractivity contribution in [3.05, 3.63) is 71.3 Å². The Bertz CT molecular complexity index is 578. The van der Waals surface area contributed by atoms with Gasteiger partial charge in [-0.15, -0.1) is 0 Å². The molecule has 2 N–H and O–H groups in total. The lowest BCUT2D eigenvalue weighted by atomic mass is 10.1. The molecule has 2 aromatic carbocycles. The molecule has 0 aliphatic carbocycles. The molecule has 0 spiro atoms. The van der Waals surface area contributed by atoms with E-state index in [4.69, 9.17) is 0 Å². The van der Waals surface area contributed by atoms with Crippen LogP contribution in [0.15, 0.2) is 54.6 Å². The van der Waals surface area contributed by atoms with Crippen molar-refractivity contribution in [2.75, 3.05) is 6.61 Å². The molecule has 0 bridgehead atoms. The molecule has 0 heterocycles. The molecule has 0 aliphatic heterocycles. The Labute approximate surface area is 132 Å². The van der Waals surface area contributed by atoms with Crippen molar-refractivity contribution in [3.63, 3.8) is 0 Å². The highest BCUT2D eigenvalue weighted by atomic mass is 16.3. The average molecular weight is 297 g/mol. The number of hydrogen-bond acceptors (Lipinski definition) is 2. The fraction of sp³-hybridized carbons (Fsp3) is 0.316. The van der Waals surface area contributed by atoms with Gasteiger partial charge in [0.25, 0.3) is 0 Å². The molecular formula is C19H23NO2. The summed E-state index contributed by atoms with van der Waals surface area (Å²) in [6, 6.07) is 17.6. The number of aliphatic hydroxyl groups excluding tert-OH is 1. The third-order valence-corrected chi connectivity index (χ3v) is 3.71. The van der Waals surface area contributed by atoms with Gasteiger partial charge >= 0.3 is 0 Å². The van der Waals surface area contributed by atoms with Crippen LogP contribution in [0.2, 0.25) is 0 Å². The molecule has 2 aromatic rings. The van der Waals surface area contributed by atoms with E-state index in [9.17, 15) is 9.90 Å². The van der Waals surface area contributed by atoms with Crippen LogP contribution in [0, 0.1) is 6.92 Å². The monoisotopic (exact) mass is 297 g/mol. The number of rotatable bonds is 7. The second kappa shape index (κ2) is 8.35. The van der Waals surface area contributed by atoms with Crippen molar-refractivity contribution >= 4 is 5.91 Å². The summed E-state index contributed by atoms with van der Waals surface area (Å²) in [5, 5.41) is 12.3. The van der Waals surface area contributed by atoms with Gasteiger partial charge in [0.1, 0.15) is 0 Å². The minimum atomic E-state index is -0.326. The molecule has 0 saturated heterocycles. The van der Waals surface area contributed by atoms with Crippen molar-refractivity contribution in [1.29, 1.82) is 0 Å². The van der Waals surface area contributed by atoms with Gasteiger partial charge in [0.15, 0.2) is 0 Å². The van der Waals surface area contributed by atoms with E-state index in [1.165, 1.54) is 11.1 Å². The summed E-state index contributed by atoms with van der Waals surface area (Å²) in [4.78, 5) is 12.0. The van der Waals surface area contributed by atoms with E-state index in [0.29, 0.717) is 6.42 Å². The molecule has 2 rings (SSSR count). The third-order valence-electron chi connectivity index (χ3n) is 3.71. The van der Waals surface area contributed by atoms with Crippen molar-refractivity contribution in [2.45, 2.75) is 32.2 Å². The van der Waals surface area contributed by atoms with Gasteiger partial charge in [-0.2, -0.15) is 0 Å². The summed E-state index contributed by atoms with van der Waals surface area (Å²) in [5.41, 5.74) is 3.42. The van der Waals surface area contributed by atoms with Crippen molar-refractivity contribution in [2.24, 2.45) is 0 Å². The average Bonchev–Trinajstić information content (AvgIpc) is 2.55. The van der Waals surface area contributed by atoms with Gasteiger partial charge in [-0.05, 0) is 30.9 Å². The van der Waals surface area contributed by atoms with Crippen molar-refractivity contribution in [3.8, 4) is 0 Å². The molecule has 3 heteroatoms. The quantitative estimate of drug-likeness (QED) is 0.824. The first-order valence-corrected chi connectivity index (χ1v) is 7.70. The minimum Gasteiger partial charge on any atom is -0.394 e. The van der Waals surface area contributed by atoms with Crippen LogP contribution in [-0.2, 0) is 11.2 Å². The maximum atomic E-state index is 12.0. The van der Waals surface area contributed by atoms with Crippen LogP contribution in [0.3, 0.4) is 0 Å². The molecule has 0 fully saturated rings. The lowest BCUT2D eigenvalue weighted by Crippen LogP contribution is -2.30. The minimum absolute atomic E-state index is 0.0185. The topological polar surface area (TPSA) is 49.3 Å². The summed E-state index contributed by atoms with van der Waals surface area (Å²) in [7, 11) is 0. The van der Waals surface area contributed by atoms with Crippen LogP contribution < -0.4 is 5.32 Å². The van der Waals surface area contributed by atoms with E-state index in [1.807, 2.05) is 30.3 Å². The van der Waals surface area contributed by atoms with E-state index in [-0.39, 0.29) is 18.6 Å². The molecule has 22 heavy (non-hydrogen) atoms. The predicted octanol–water partition coefficient (Wildman–Crippen LogP) is 3.17. The van der Waals surface area contributed by atoms with Gasteiger partial charge in [0, 0.05) is 6.42 Å². The van der Waals surface area contributed by atoms with E-state index < -0.39 is 0 Å². The first-order chi connectivity index (χ1) is 10.7. The molecule has 1 atom stereocenters. The highest BCUT2D eigenvalue weighted by Gasteiger charge is 2.12. The Kier molecular flexibility index (Phi) is 6.16. The summed E-state index contributed by atoms with van der Waals surface area (Å²) < 4.78 is 0. The smallest absolute Gasteiger partial charge is 0.220 e. The largest absolute Gasteiger partial charge is 0.394 e. The summed E-state index contributed by atoms with van der Waals surface area (Å²) in [6.07, 6.45) is 2.17. The molecule has 1 unspecified atom stereocenters. The van der Waals surface area contributed by atoms with Gasteiger partial charge in [-0.3, -0.25) is 4.79 Å². The number of amides is 1. The highest BCUT2D eigenvalue weighted by Crippen LogP contribution is 2.12. The maximum absolute atomic E-state index is 12.0. The number of aliphatic hydroxyl groups is 1. The van der Waals surface area contributed by atoms with Crippen LogP contribution in [0.1, 0.15) is 35.6 Å².